The lowest BCUT2D eigenvalue weighted by Gasteiger charge is -2.26. The Morgan fingerprint density at radius 2 is 1.95 bits per heavy atom. The van der Waals surface area contributed by atoms with Gasteiger partial charge in [0, 0.05) is 24.7 Å². The lowest BCUT2D eigenvalue weighted by molar-refractivity contribution is 0.0373. The van der Waals surface area contributed by atoms with Crippen molar-refractivity contribution < 1.29 is 9.84 Å². The highest BCUT2D eigenvalue weighted by Gasteiger charge is 2.10. The van der Waals surface area contributed by atoms with Crippen molar-refractivity contribution in [2.75, 3.05) is 45.9 Å². The number of hydrogen-bond donors (Lipinski definition) is 2. The number of morpholine rings is 1. The number of benzene rings is 1. The summed E-state index contributed by atoms with van der Waals surface area (Å²) in [6, 6.07) is 7.34. The van der Waals surface area contributed by atoms with Crippen molar-refractivity contribution in [2.45, 2.75) is 12.5 Å². The van der Waals surface area contributed by atoms with E-state index in [1.807, 2.05) is 12.1 Å². The zero-order valence-electron chi connectivity index (χ0n) is 11.7. The molecule has 1 aromatic rings. The van der Waals surface area contributed by atoms with E-state index < -0.39 is 6.10 Å². The highest BCUT2D eigenvalue weighted by molar-refractivity contribution is 6.30. The summed E-state index contributed by atoms with van der Waals surface area (Å²) in [5, 5.41) is 14.0. The molecule has 1 aliphatic heterocycles. The van der Waals surface area contributed by atoms with Crippen molar-refractivity contribution in [3.05, 3.63) is 34.9 Å². The lowest BCUT2D eigenvalue weighted by atomic mass is 10.1. The van der Waals surface area contributed by atoms with Crippen LogP contribution in [0.3, 0.4) is 0 Å². The molecule has 1 fully saturated rings. The second-order valence-corrected chi connectivity index (χ2v) is 5.52. The molecular weight excluding hydrogens is 276 g/mol. The van der Waals surface area contributed by atoms with Crippen LogP contribution in [0, 0.1) is 0 Å². The smallest absolute Gasteiger partial charge is 0.0914 e. The standard InChI is InChI=1S/C15H23ClN2O2/c16-14-4-2-13(3-5-14)15(19)12-17-6-1-7-18-8-10-20-11-9-18/h2-5,15,17,19H,1,6-12H2. The molecule has 0 spiro atoms. The first kappa shape index (κ1) is 15.7. The third-order valence-corrected chi connectivity index (χ3v) is 3.78. The van der Waals surface area contributed by atoms with Gasteiger partial charge in [-0.2, -0.15) is 0 Å². The van der Waals surface area contributed by atoms with E-state index in [0.29, 0.717) is 11.6 Å². The average Bonchev–Trinajstić information content (AvgIpc) is 2.48. The summed E-state index contributed by atoms with van der Waals surface area (Å²) in [6.07, 6.45) is 0.614. The molecule has 1 aromatic carbocycles. The van der Waals surface area contributed by atoms with Crippen LogP contribution in [0.2, 0.25) is 5.02 Å². The predicted molar refractivity (Wildman–Crippen MR) is 81.2 cm³/mol. The molecule has 0 bridgehead atoms. The van der Waals surface area contributed by atoms with Crippen LogP contribution in [0.1, 0.15) is 18.1 Å². The fraction of sp³-hybridized carbons (Fsp3) is 0.600. The van der Waals surface area contributed by atoms with Crippen LogP contribution < -0.4 is 5.32 Å². The van der Waals surface area contributed by atoms with Crippen LogP contribution in [0.25, 0.3) is 0 Å². The molecule has 1 aliphatic rings. The van der Waals surface area contributed by atoms with Gasteiger partial charge in [0.15, 0.2) is 0 Å². The summed E-state index contributed by atoms with van der Waals surface area (Å²) in [5.74, 6) is 0. The SMILES string of the molecule is OC(CNCCCN1CCOCC1)c1ccc(Cl)cc1. The highest BCUT2D eigenvalue weighted by atomic mass is 35.5. The third kappa shape index (κ3) is 5.38. The van der Waals surface area contributed by atoms with Gasteiger partial charge in [0.1, 0.15) is 0 Å². The fourth-order valence-electron chi connectivity index (χ4n) is 2.29. The maximum atomic E-state index is 10.0. The Balaban J connectivity index is 1.57. The molecule has 2 rings (SSSR count). The van der Waals surface area contributed by atoms with Gasteiger partial charge in [0.2, 0.25) is 0 Å². The summed E-state index contributed by atoms with van der Waals surface area (Å²) >= 11 is 5.82. The number of rotatable bonds is 7. The molecule has 5 heteroatoms. The summed E-state index contributed by atoms with van der Waals surface area (Å²) in [7, 11) is 0. The van der Waals surface area contributed by atoms with Crippen LogP contribution in [0.5, 0.6) is 0 Å². The number of nitrogens with zero attached hydrogens (tertiary/aromatic N) is 1. The van der Waals surface area contributed by atoms with Crippen LogP contribution in [-0.4, -0.2) is 55.9 Å². The zero-order valence-corrected chi connectivity index (χ0v) is 12.5. The Bertz CT molecular complexity index is 380. The summed E-state index contributed by atoms with van der Waals surface area (Å²) in [4.78, 5) is 2.42. The van der Waals surface area contributed by atoms with Gasteiger partial charge in [-0.1, -0.05) is 23.7 Å². The van der Waals surface area contributed by atoms with Gasteiger partial charge in [-0.15, -0.1) is 0 Å². The molecule has 20 heavy (non-hydrogen) atoms. The van der Waals surface area contributed by atoms with Crippen molar-refractivity contribution in [3.8, 4) is 0 Å². The number of aliphatic hydroxyl groups is 1. The Kier molecular flexibility index (Phi) is 6.76. The number of aliphatic hydroxyl groups excluding tert-OH is 1. The summed E-state index contributed by atoms with van der Waals surface area (Å²) in [5.41, 5.74) is 0.898. The Hall–Kier alpha value is -0.650. The predicted octanol–water partition coefficient (Wildman–Crippen LogP) is 1.69. The topological polar surface area (TPSA) is 44.7 Å². The molecule has 0 amide bonds. The molecule has 0 aliphatic carbocycles. The van der Waals surface area contributed by atoms with Crippen LogP contribution in [0.15, 0.2) is 24.3 Å². The van der Waals surface area contributed by atoms with E-state index in [2.05, 4.69) is 10.2 Å². The molecule has 1 heterocycles. The highest BCUT2D eigenvalue weighted by Crippen LogP contribution is 2.15. The van der Waals surface area contributed by atoms with Crippen LogP contribution in [-0.2, 0) is 4.74 Å². The second kappa shape index (κ2) is 8.60. The average molecular weight is 299 g/mol. The van der Waals surface area contributed by atoms with Gasteiger partial charge in [-0.05, 0) is 37.2 Å². The molecular formula is C15H23ClN2O2. The molecule has 112 valence electrons. The number of hydrogen-bond acceptors (Lipinski definition) is 4. The Morgan fingerprint density at radius 3 is 2.65 bits per heavy atom. The Labute approximate surface area is 125 Å². The first-order valence-electron chi connectivity index (χ1n) is 7.20. The first-order chi connectivity index (χ1) is 9.75. The van der Waals surface area contributed by atoms with E-state index in [1.165, 1.54) is 0 Å². The van der Waals surface area contributed by atoms with Gasteiger partial charge < -0.3 is 15.2 Å². The number of halogens is 1. The van der Waals surface area contributed by atoms with Gasteiger partial charge in [-0.25, -0.2) is 0 Å². The zero-order chi connectivity index (χ0) is 14.2. The first-order valence-corrected chi connectivity index (χ1v) is 7.58. The maximum Gasteiger partial charge on any atom is 0.0914 e. The van der Waals surface area contributed by atoms with Gasteiger partial charge in [0.05, 0.1) is 19.3 Å². The quantitative estimate of drug-likeness (QED) is 0.752. The van der Waals surface area contributed by atoms with Gasteiger partial charge >= 0.3 is 0 Å². The van der Waals surface area contributed by atoms with Gasteiger partial charge in [-0.3, -0.25) is 4.90 Å². The van der Waals surface area contributed by atoms with E-state index in [-0.39, 0.29) is 0 Å². The Morgan fingerprint density at radius 1 is 1.25 bits per heavy atom. The van der Waals surface area contributed by atoms with Crippen molar-refractivity contribution in [2.24, 2.45) is 0 Å². The van der Waals surface area contributed by atoms with Crippen molar-refractivity contribution in [3.63, 3.8) is 0 Å². The van der Waals surface area contributed by atoms with Crippen LogP contribution in [0.4, 0.5) is 0 Å². The van der Waals surface area contributed by atoms with Crippen molar-refractivity contribution in [1.29, 1.82) is 0 Å². The normalized spacial score (nSPS) is 18.1. The minimum atomic E-state index is -0.476. The van der Waals surface area contributed by atoms with Crippen molar-refractivity contribution >= 4 is 11.6 Å². The largest absolute Gasteiger partial charge is 0.387 e. The molecule has 4 nitrogen and oxygen atoms in total. The monoisotopic (exact) mass is 298 g/mol. The third-order valence-electron chi connectivity index (χ3n) is 3.52. The molecule has 1 saturated heterocycles. The number of ether oxygens (including phenoxy) is 1. The second-order valence-electron chi connectivity index (χ2n) is 5.08. The molecule has 0 radical (unpaired) electrons. The summed E-state index contributed by atoms with van der Waals surface area (Å²) < 4.78 is 5.32. The van der Waals surface area contributed by atoms with E-state index in [0.717, 1.165) is 51.4 Å². The maximum absolute atomic E-state index is 10.0. The minimum absolute atomic E-state index is 0.476. The molecule has 1 unspecified atom stereocenters. The molecule has 2 N–H and O–H groups in total. The van der Waals surface area contributed by atoms with Crippen molar-refractivity contribution in [1.82, 2.24) is 10.2 Å². The minimum Gasteiger partial charge on any atom is -0.387 e. The molecule has 0 aromatic heterocycles. The van der Waals surface area contributed by atoms with Gasteiger partial charge in [0.25, 0.3) is 0 Å². The van der Waals surface area contributed by atoms with E-state index in [4.69, 9.17) is 16.3 Å². The fourth-order valence-corrected chi connectivity index (χ4v) is 2.42. The van der Waals surface area contributed by atoms with E-state index >= 15 is 0 Å². The van der Waals surface area contributed by atoms with E-state index in [9.17, 15) is 5.11 Å². The molecule has 0 saturated carbocycles. The number of nitrogens with one attached hydrogen (secondary N) is 1. The lowest BCUT2D eigenvalue weighted by Crippen LogP contribution is -2.37. The van der Waals surface area contributed by atoms with Crippen LogP contribution >= 0.6 is 11.6 Å². The summed E-state index contributed by atoms with van der Waals surface area (Å²) in [6.45, 7) is 6.35. The molecule has 1 atom stereocenters. The van der Waals surface area contributed by atoms with E-state index in [1.54, 1.807) is 12.1 Å².